The van der Waals surface area contributed by atoms with Gasteiger partial charge in [0, 0.05) is 36.9 Å². The number of carbonyl (C=O) groups excluding carboxylic acids is 1. The van der Waals surface area contributed by atoms with Crippen molar-refractivity contribution >= 4 is 23.2 Å². The van der Waals surface area contributed by atoms with Crippen LogP contribution in [0.15, 0.2) is 23.8 Å². The Morgan fingerprint density at radius 1 is 1.29 bits per heavy atom. The molecule has 0 unspecified atom stereocenters. The first-order valence-electron chi connectivity index (χ1n) is 8.01. The van der Waals surface area contributed by atoms with Gasteiger partial charge in [-0.15, -0.1) is 11.3 Å². The molecule has 0 bridgehead atoms. The van der Waals surface area contributed by atoms with E-state index in [2.05, 4.69) is 20.2 Å². The fourth-order valence-electron chi connectivity index (χ4n) is 3.00. The molecule has 4 heterocycles. The summed E-state index contributed by atoms with van der Waals surface area (Å²) >= 11 is 1.36. The number of thiophene rings is 1. The number of piperidine rings is 1. The molecule has 2 aromatic heterocycles. The van der Waals surface area contributed by atoms with Crippen molar-refractivity contribution in [3.05, 3.63) is 28.7 Å². The average molecular weight is 346 g/mol. The van der Waals surface area contributed by atoms with E-state index in [1.807, 2.05) is 5.38 Å². The molecule has 0 saturated carbocycles. The largest absolute Gasteiger partial charge is 0.485 e. The van der Waals surface area contributed by atoms with Crippen LogP contribution in [0.3, 0.4) is 0 Å². The van der Waals surface area contributed by atoms with E-state index in [1.54, 1.807) is 18.5 Å². The molecule has 1 atom stereocenters. The van der Waals surface area contributed by atoms with E-state index in [9.17, 15) is 4.79 Å². The highest BCUT2D eigenvalue weighted by Gasteiger charge is 2.27. The number of nitrogens with zero attached hydrogens (tertiary/aromatic N) is 3. The first kappa shape index (κ1) is 15.2. The molecule has 0 aliphatic carbocycles. The summed E-state index contributed by atoms with van der Waals surface area (Å²) in [5.41, 5.74) is 0. The summed E-state index contributed by atoms with van der Waals surface area (Å²) in [4.78, 5) is 23.9. The topological polar surface area (TPSA) is 76.6 Å². The molecule has 4 rings (SSSR count). The summed E-state index contributed by atoms with van der Waals surface area (Å²) in [6, 6.07) is 1.87. The number of amides is 1. The lowest BCUT2D eigenvalue weighted by molar-refractivity contribution is 0.0928. The van der Waals surface area contributed by atoms with Crippen LogP contribution in [0.1, 0.15) is 22.5 Å². The molecular formula is C16H18N4O3S. The predicted octanol–water partition coefficient (Wildman–Crippen LogP) is 1.71. The van der Waals surface area contributed by atoms with Gasteiger partial charge in [-0.25, -0.2) is 9.97 Å². The summed E-state index contributed by atoms with van der Waals surface area (Å²) in [6.45, 7) is 2.62. The van der Waals surface area contributed by atoms with E-state index in [1.165, 1.54) is 11.3 Å². The molecule has 1 saturated heterocycles. The first-order chi connectivity index (χ1) is 11.8. The van der Waals surface area contributed by atoms with Crippen LogP contribution in [0.5, 0.6) is 11.5 Å². The van der Waals surface area contributed by atoms with Crippen molar-refractivity contribution in [2.75, 3.05) is 31.2 Å². The van der Waals surface area contributed by atoms with Crippen molar-refractivity contribution in [1.82, 2.24) is 15.3 Å². The van der Waals surface area contributed by atoms with Crippen LogP contribution in [0.2, 0.25) is 0 Å². The van der Waals surface area contributed by atoms with Crippen molar-refractivity contribution in [3.8, 4) is 11.5 Å². The van der Waals surface area contributed by atoms with Gasteiger partial charge in [0.2, 0.25) is 5.95 Å². The SMILES string of the molecule is O=C(N[C@H]1CCCN(c2ncccn2)C1)c1scc2c1OCCO2. The maximum atomic E-state index is 12.6. The molecule has 7 nitrogen and oxygen atoms in total. The predicted molar refractivity (Wildman–Crippen MR) is 90.0 cm³/mol. The highest BCUT2D eigenvalue weighted by molar-refractivity contribution is 7.12. The Bertz CT molecular complexity index is 721. The van der Waals surface area contributed by atoms with Crippen LogP contribution in [-0.2, 0) is 0 Å². The molecule has 126 valence electrons. The van der Waals surface area contributed by atoms with Crippen LogP contribution in [0, 0.1) is 0 Å². The Hall–Kier alpha value is -2.35. The molecule has 1 amide bonds. The second kappa shape index (κ2) is 6.64. The summed E-state index contributed by atoms with van der Waals surface area (Å²) < 4.78 is 11.1. The molecule has 1 N–H and O–H groups in total. The minimum absolute atomic E-state index is 0.0670. The number of fused-ring (bicyclic) bond motifs is 1. The molecule has 0 radical (unpaired) electrons. The van der Waals surface area contributed by atoms with Crippen LogP contribution < -0.4 is 19.7 Å². The quantitative estimate of drug-likeness (QED) is 0.912. The van der Waals surface area contributed by atoms with E-state index in [4.69, 9.17) is 9.47 Å². The van der Waals surface area contributed by atoms with Gasteiger partial charge in [-0.2, -0.15) is 0 Å². The maximum Gasteiger partial charge on any atom is 0.265 e. The molecular weight excluding hydrogens is 328 g/mol. The lowest BCUT2D eigenvalue weighted by Crippen LogP contribution is -2.48. The Balaban J connectivity index is 1.43. The number of rotatable bonds is 3. The van der Waals surface area contributed by atoms with Crippen molar-refractivity contribution in [3.63, 3.8) is 0 Å². The summed E-state index contributed by atoms with van der Waals surface area (Å²) in [5.74, 6) is 1.84. The molecule has 8 heteroatoms. The molecule has 2 aliphatic rings. The minimum Gasteiger partial charge on any atom is -0.485 e. The third kappa shape index (κ3) is 3.01. The number of ether oxygens (including phenoxy) is 2. The van der Waals surface area contributed by atoms with E-state index in [0.29, 0.717) is 42.1 Å². The van der Waals surface area contributed by atoms with Gasteiger partial charge in [0.15, 0.2) is 11.5 Å². The lowest BCUT2D eigenvalue weighted by atomic mass is 10.1. The van der Waals surface area contributed by atoms with Gasteiger partial charge in [-0.3, -0.25) is 4.79 Å². The second-order valence-corrected chi connectivity index (χ2v) is 6.64. The number of hydrogen-bond acceptors (Lipinski definition) is 7. The van der Waals surface area contributed by atoms with Gasteiger partial charge in [0.25, 0.3) is 5.91 Å². The van der Waals surface area contributed by atoms with Crippen LogP contribution in [0.25, 0.3) is 0 Å². The fraction of sp³-hybridized carbons (Fsp3) is 0.438. The molecule has 1 fully saturated rings. The zero-order chi connectivity index (χ0) is 16.4. The monoisotopic (exact) mass is 346 g/mol. The summed E-state index contributed by atoms with van der Waals surface area (Å²) in [7, 11) is 0. The van der Waals surface area contributed by atoms with Crippen molar-refractivity contribution < 1.29 is 14.3 Å². The van der Waals surface area contributed by atoms with Crippen molar-refractivity contribution in [2.24, 2.45) is 0 Å². The minimum atomic E-state index is -0.104. The second-order valence-electron chi connectivity index (χ2n) is 5.76. The van der Waals surface area contributed by atoms with Gasteiger partial charge in [0.05, 0.1) is 0 Å². The maximum absolute atomic E-state index is 12.6. The van der Waals surface area contributed by atoms with Gasteiger partial charge in [-0.1, -0.05) is 0 Å². The Kier molecular flexibility index (Phi) is 4.20. The third-order valence-corrected chi connectivity index (χ3v) is 5.04. The van der Waals surface area contributed by atoms with E-state index >= 15 is 0 Å². The molecule has 2 aliphatic heterocycles. The first-order valence-corrected chi connectivity index (χ1v) is 8.89. The van der Waals surface area contributed by atoms with Gasteiger partial charge in [0.1, 0.15) is 18.1 Å². The number of nitrogens with one attached hydrogen (secondary N) is 1. The van der Waals surface area contributed by atoms with E-state index < -0.39 is 0 Å². The number of hydrogen-bond donors (Lipinski definition) is 1. The van der Waals surface area contributed by atoms with E-state index in [-0.39, 0.29) is 11.9 Å². The smallest absolute Gasteiger partial charge is 0.265 e. The van der Waals surface area contributed by atoms with Crippen molar-refractivity contribution in [2.45, 2.75) is 18.9 Å². The number of anilines is 1. The molecule has 24 heavy (non-hydrogen) atoms. The van der Waals surface area contributed by atoms with Gasteiger partial charge < -0.3 is 19.7 Å². The number of aromatic nitrogens is 2. The van der Waals surface area contributed by atoms with E-state index in [0.717, 1.165) is 19.4 Å². The van der Waals surface area contributed by atoms with Crippen molar-refractivity contribution in [1.29, 1.82) is 0 Å². The standard InChI is InChI=1S/C16H18N4O3S/c21-15(14-13-12(10-24-14)22-7-8-23-13)19-11-3-1-6-20(9-11)16-17-4-2-5-18-16/h2,4-5,10-11H,1,3,6-9H2,(H,19,21)/t11-/m0/s1. The molecule has 0 spiro atoms. The summed E-state index contributed by atoms with van der Waals surface area (Å²) in [5, 5.41) is 4.94. The number of carbonyl (C=O) groups is 1. The zero-order valence-corrected chi connectivity index (χ0v) is 13.9. The Morgan fingerprint density at radius 2 is 2.12 bits per heavy atom. The van der Waals surface area contributed by atoms with Gasteiger partial charge >= 0.3 is 0 Å². The average Bonchev–Trinajstić information content (AvgIpc) is 3.07. The van der Waals surface area contributed by atoms with Crippen LogP contribution >= 0.6 is 11.3 Å². The Morgan fingerprint density at radius 3 is 3.00 bits per heavy atom. The lowest BCUT2D eigenvalue weighted by Gasteiger charge is -2.33. The molecule has 0 aromatic carbocycles. The van der Waals surface area contributed by atoms with Gasteiger partial charge in [-0.05, 0) is 18.9 Å². The highest BCUT2D eigenvalue weighted by atomic mass is 32.1. The Labute approximate surface area is 143 Å². The normalized spacial score (nSPS) is 19.8. The summed E-state index contributed by atoms with van der Waals surface area (Å²) in [6.07, 6.45) is 5.41. The fourth-order valence-corrected chi connectivity index (χ4v) is 3.83. The highest BCUT2D eigenvalue weighted by Crippen LogP contribution is 2.39. The van der Waals surface area contributed by atoms with Crippen LogP contribution in [-0.4, -0.2) is 48.2 Å². The van der Waals surface area contributed by atoms with Crippen LogP contribution in [0.4, 0.5) is 5.95 Å². The third-order valence-electron chi connectivity index (χ3n) is 4.10. The molecule has 2 aromatic rings. The zero-order valence-electron chi connectivity index (χ0n) is 13.1.